The normalized spacial score (nSPS) is 20.9. The molecule has 1 atom stereocenters. The molecule has 18 heavy (non-hydrogen) atoms. The first-order valence-electron chi connectivity index (χ1n) is 5.92. The fourth-order valence-electron chi connectivity index (χ4n) is 2.02. The molecular formula is C13H16ClNO3. The van der Waals surface area contributed by atoms with Crippen LogP contribution in [0.3, 0.4) is 0 Å². The predicted molar refractivity (Wildman–Crippen MR) is 69.0 cm³/mol. The largest absolute Gasteiger partial charge is 0.395 e. The van der Waals surface area contributed by atoms with E-state index in [2.05, 4.69) is 0 Å². The number of Topliss-reactive ketones (excluding diaryl/α,β-unsaturated/α-hetero) is 1. The Morgan fingerprint density at radius 1 is 1.50 bits per heavy atom. The zero-order chi connectivity index (χ0) is 13.0. The van der Waals surface area contributed by atoms with Crippen LogP contribution < -0.4 is 0 Å². The van der Waals surface area contributed by atoms with Gasteiger partial charge < -0.3 is 9.84 Å². The maximum Gasteiger partial charge on any atom is 0.178 e. The van der Waals surface area contributed by atoms with E-state index in [1.54, 1.807) is 24.3 Å². The molecule has 0 aliphatic carbocycles. The topological polar surface area (TPSA) is 49.8 Å². The Bertz CT molecular complexity index is 424. The van der Waals surface area contributed by atoms with Crippen LogP contribution >= 0.6 is 11.6 Å². The van der Waals surface area contributed by atoms with Gasteiger partial charge in [0, 0.05) is 12.1 Å². The number of carbonyl (C=O) groups excluding carboxylic acids is 1. The Morgan fingerprint density at radius 2 is 2.28 bits per heavy atom. The highest BCUT2D eigenvalue weighted by atomic mass is 35.5. The van der Waals surface area contributed by atoms with Crippen LogP contribution in [0.15, 0.2) is 24.3 Å². The number of benzene rings is 1. The highest BCUT2D eigenvalue weighted by Crippen LogP contribution is 2.17. The summed E-state index contributed by atoms with van der Waals surface area (Å²) in [6, 6.07) is 6.91. The van der Waals surface area contributed by atoms with Gasteiger partial charge in [-0.05, 0) is 12.1 Å². The van der Waals surface area contributed by atoms with Gasteiger partial charge in [-0.3, -0.25) is 9.69 Å². The van der Waals surface area contributed by atoms with Crippen molar-refractivity contribution in [3.8, 4) is 0 Å². The maximum absolute atomic E-state index is 12.1. The summed E-state index contributed by atoms with van der Waals surface area (Å²) >= 11 is 5.99. The Kier molecular flexibility index (Phi) is 4.72. The van der Waals surface area contributed by atoms with Crippen LogP contribution in [0, 0.1) is 0 Å². The van der Waals surface area contributed by atoms with Crippen LogP contribution in [0.5, 0.6) is 0 Å². The van der Waals surface area contributed by atoms with E-state index in [-0.39, 0.29) is 25.0 Å². The van der Waals surface area contributed by atoms with Crippen LogP contribution in [0.2, 0.25) is 5.02 Å². The highest BCUT2D eigenvalue weighted by molar-refractivity contribution is 6.34. The molecule has 1 N–H and O–H groups in total. The summed E-state index contributed by atoms with van der Waals surface area (Å²) in [5.74, 6) is -0.0269. The smallest absolute Gasteiger partial charge is 0.178 e. The van der Waals surface area contributed by atoms with Crippen molar-refractivity contribution in [1.82, 2.24) is 4.90 Å². The number of hydrogen-bond donors (Lipinski definition) is 1. The van der Waals surface area contributed by atoms with Gasteiger partial charge in [-0.25, -0.2) is 0 Å². The van der Waals surface area contributed by atoms with E-state index < -0.39 is 0 Å². The van der Waals surface area contributed by atoms with E-state index >= 15 is 0 Å². The molecule has 1 fully saturated rings. The molecular weight excluding hydrogens is 254 g/mol. The molecule has 4 nitrogen and oxygen atoms in total. The number of halogens is 1. The van der Waals surface area contributed by atoms with E-state index in [1.165, 1.54) is 0 Å². The Hall–Kier alpha value is -0.940. The van der Waals surface area contributed by atoms with Crippen LogP contribution in [0.4, 0.5) is 0 Å². The summed E-state index contributed by atoms with van der Waals surface area (Å²) < 4.78 is 5.28. The number of hydrogen-bond acceptors (Lipinski definition) is 4. The Balaban J connectivity index is 2.04. The minimum absolute atomic E-state index is 0.00416. The fourth-order valence-corrected chi connectivity index (χ4v) is 2.26. The van der Waals surface area contributed by atoms with Crippen molar-refractivity contribution < 1.29 is 14.6 Å². The number of rotatable bonds is 4. The number of aliphatic hydroxyl groups is 1. The van der Waals surface area contributed by atoms with Gasteiger partial charge in [0.05, 0.1) is 37.4 Å². The van der Waals surface area contributed by atoms with Gasteiger partial charge in [0.25, 0.3) is 0 Å². The fraction of sp³-hybridized carbons (Fsp3) is 0.462. The van der Waals surface area contributed by atoms with Gasteiger partial charge >= 0.3 is 0 Å². The molecule has 1 unspecified atom stereocenters. The van der Waals surface area contributed by atoms with Crippen molar-refractivity contribution >= 4 is 17.4 Å². The number of morpholine rings is 1. The zero-order valence-corrected chi connectivity index (χ0v) is 10.8. The first-order chi connectivity index (χ1) is 8.72. The summed E-state index contributed by atoms with van der Waals surface area (Å²) in [6.07, 6.45) is 0. The summed E-state index contributed by atoms with van der Waals surface area (Å²) in [5, 5.41) is 9.71. The third-order valence-corrected chi connectivity index (χ3v) is 3.41. The van der Waals surface area contributed by atoms with E-state index in [1.807, 2.05) is 4.90 Å². The summed E-state index contributed by atoms with van der Waals surface area (Å²) in [4.78, 5) is 14.1. The minimum atomic E-state index is -0.106. The first-order valence-corrected chi connectivity index (χ1v) is 6.30. The molecule has 0 bridgehead atoms. The molecule has 1 heterocycles. The SMILES string of the molecule is O=C(CN1CCOCC1CO)c1ccccc1Cl. The van der Waals surface area contributed by atoms with E-state index in [9.17, 15) is 9.90 Å². The van der Waals surface area contributed by atoms with Crippen molar-refractivity contribution in [3.63, 3.8) is 0 Å². The van der Waals surface area contributed by atoms with Crippen molar-refractivity contribution in [2.24, 2.45) is 0 Å². The van der Waals surface area contributed by atoms with E-state index in [0.717, 1.165) is 0 Å². The highest BCUT2D eigenvalue weighted by Gasteiger charge is 2.25. The molecule has 0 saturated carbocycles. The Morgan fingerprint density at radius 3 is 3.00 bits per heavy atom. The van der Waals surface area contributed by atoms with Crippen molar-refractivity contribution in [3.05, 3.63) is 34.9 Å². The van der Waals surface area contributed by atoms with Gasteiger partial charge in [0.15, 0.2) is 5.78 Å². The maximum atomic E-state index is 12.1. The third-order valence-electron chi connectivity index (χ3n) is 3.08. The van der Waals surface area contributed by atoms with Crippen LogP contribution in [0.25, 0.3) is 0 Å². The van der Waals surface area contributed by atoms with Gasteiger partial charge in [-0.2, -0.15) is 0 Å². The second kappa shape index (κ2) is 6.29. The lowest BCUT2D eigenvalue weighted by Gasteiger charge is -2.33. The molecule has 1 aromatic carbocycles. The van der Waals surface area contributed by atoms with Gasteiger partial charge in [-0.1, -0.05) is 23.7 Å². The summed E-state index contributed by atoms with van der Waals surface area (Å²) in [6.45, 7) is 1.97. The summed E-state index contributed by atoms with van der Waals surface area (Å²) in [5.41, 5.74) is 0.530. The molecule has 0 aromatic heterocycles. The predicted octanol–water partition coefficient (Wildman–Crippen LogP) is 1.22. The Labute approximate surface area is 111 Å². The first kappa shape index (κ1) is 13.5. The summed E-state index contributed by atoms with van der Waals surface area (Å²) in [7, 11) is 0. The van der Waals surface area contributed by atoms with Crippen molar-refractivity contribution in [2.75, 3.05) is 32.9 Å². The lowest BCUT2D eigenvalue weighted by Crippen LogP contribution is -2.49. The third kappa shape index (κ3) is 3.09. The molecule has 0 amide bonds. The number of nitrogens with zero attached hydrogens (tertiary/aromatic N) is 1. The molecule has 1 aromatic rings. The number of carbonyl (C=O) groups is 1. The molecule has 1 saturated heterocycles. The van der Waals surface area contributed by atoms with E-state index in [4.69, 9.17) is 16.3 Å². The number of ketones is 1. The minimum Gasteiger partial charge on any atom is -0.395 e. The molecule has 0 spiro atoms. The quantitative estimate of drug-likeness (QED) is 0.835. The molecule has 2 rings (SSSR count). The van der Waals surface area contributed by atoms with Crippen LogP contribution in [0.1, 0.15) is 10.4 Å². The lowest BCUT2D eigenvalue weighted by molar-refractivity contribution is -0.0240. The van der Waals surface area contributed by atoms with Crippen LogP contribution in [-0.4, -0.2) is 54.7 Å². The number of aliphatic hydroxyl groups excluding tert-OH is 1. The average molecular weight is 270 g/mol. The molecule has 1 aliphatic heterocycles. The molecule has 5 heteroatoms. The standard InChI is InChI=1S/C13H16ClNO3/c14-12-4-2-1-3-11(12)13(17)7-15-5-6-18-9-10(15)8-16/h1-4,10,16H,5-9H2. The zero-order valence-electron chi connectivity index (χ0n) is 10.0. The molecule has 0 radical (unpaired) electrons. The number of ether oxygens (including phenoxy) is 1. The average Bonchev–Trinajstić information content (AvgIpc) is 2.39. The lowest BCUT2D eigenvalue weighted by atomic mass is 10.1. The van der Waals surface area contributed by atoms with Gasteiger partial charge in [0.1, 0.15) is 0 Å². The second-order valence-corrected chi connectivity index (χ2v) is 4.69. The molecule has 98 valence electrons. The monoisotopic (exact) mass is 269 g/mol. The van der Waals surface area contributed by atoms with Crippen molar-refractivity contribution in [1.29, 1.82) is 0 Å². The van der Waals surface area contributed by atoms with Crippen LogP contribution in [-0.2, 0) is 4.74 Å². The van der Waals surface area contributed by atoms with Gasteiger partial charge in [0.2, 0.25) is 0 Å². The molecule has 1 aliphatic rings. The van der Waals surface area contributed by atoms with Crippen molar-refractivity contribution in [2.45, 2.75) is 6.04 Å². The van der Waals surface area contributed by atoms with E-state index in [0.29, 0.717) is 30.3 Å². The second-order valence-electron chi connectivity index (χ2n) is 4.28. The van der Waals surface area contributed by atoms with Gasteiger partial charge in [-0.15, -0.1) is 0 Å².